The normalized spacial score (nSPS) is 11.6. The van der Waals surface area contributed by atoms with Crippen LogP contribution in [0.25, 0.3) is 0 Å². The highest BCUT2D eigenvalue weighted by atomic mass is 35.5. The molecule has 1 unspecified atom stereocenters. The molecule has 14 heavy (non-hydrogen) atoms. The summed E-state index contributed by atoms with van der Waals surface area (Å²) in [5.74, 6) is 5.68. The van der Waals surface area contributed by atoms with Gasteiger partial charge in [-0.05, 0) is 24.3 Å². The smallest absolute Gasteiger partial charge is 0.0542 e. The van der Waals surface area contributed by atoms with E-state index in [0.717, 1.165) is 10.6 Å². The maximum absolute atomic E-state index is 11.4. The summed E-state index contributed by atoms with van der Waals surface area (Å²) in [5, 5.41) is 0. The highest BCUT2D eigenvalue weighted by Crippen LogP contribution is 2.11. The van der Waals surface area contributed by atoms with Crippen molar-refractivity contribution in [1.82, 2.24) is 0 Å². The lowest BCUT2D eigenvalue weighted by Crippen LogP contribution is -2.10. The van der Waals surface area contributed by atoms with Crippen molar-refractivity contribution in [2.24, 2.45) is 11.6 Å². The number of benzene rings is 1. The molecule has 1 aromatic rings. The molecule has 6 heteroatoms. The van der Waals surface area contributed by atoms with E-state index in [2.05, 4.69) is 5.43 Å². The molecular formula is C8H14ClN3OS. The molecule has 0 saturated heterocycles. The molecule has 1 atom stereocenters. The number of nitrogens with two attached hydrogens (primary N) is 2. The van der Waals surface area contributed by atoms with Crippen molar-refractivity contribution in [2.45, 2.75) is 4.90 Å². The Balaban J connectivity index is 0.00000169. The fourth-order valence-corrected chi connectivity index (χ4v) is 1.82. The second-order valence-electron chi connectivity index (χ2n) is 2.51. The Morgan fingerprint density at radius 1 is 1.29 bits per heavy atom. The average molecular weight is 236 g/mol. The van der Waals surface area contributed by atoms with Crippen LogP contribution in [-0.2, 0) is 10.8 Å². The number of hydrogen-bond acceptors (Lipinski definition) is 4. The van der Waals surface area contributed by atoms with E-state index in [1.807, 2.05) is 0 Å². The molecule has 0 aliphatic carbocycles. The van der Waals surface area contributed by atoms with Gasteiger partial charge in [0, 0.05) is 22.9 Å². The van der Waals surface area contributed by atoms with Crippen molar-refractivity contribution in [3.63, 3.8) is 0 Å². The van der Waals surface area contributed by atoms with E-state index in [4.69, 9.17) is 11.6 Å². The molecule has 0 aliphatic rings. The maximum Gasteiger partial charge on any atom is 0.0542 e. The van der Waals surface area contributed by atoms with E-state index in [1.54, 1.807) is 24.3 Å². The Kier molecular flexibility index (Phi) is 6.48. The lowest BCUT2D eigenvalue weighted by Gasteiger charge is -2.02. The highest BCUT2D eigenvalue weighted by molar-refractivity contribution is 7.85. The minimum Gasteiger partial charge on any atom is -0.330 e. The predicted octanol–water partition coefficient (Wildman–Crippen LogP) is 0.460. The van der Waals surface area contributed by atoms with Crippen molar-refractivity contribution in [3.8, 4) is 0 Å². The third kappa shape index (κ3) is 3.63. The van der Waals surface area contributed by atoms with Gasteiger partial charge in [-0.3, -0.25) is 10.1 Å². The van der Waals surface area contributed by atoms with Gasteiger partial charge in [-0.15, -0.1) is 12.4 Å². The Morgan fingerprint density at radius 3 is 2.29 bits per heavy atom. The van der Waals surface area contributed by atoms with E-state index < -0.39 is 10.8 Å². The van der Waals surface area contributed by atoms with Crippen molar-refractivity contribution in [1.29, 1.82) is 0 Å². The van der Waals surface area contributed by atoms with Crippen LogP contribution in [0.1, 0.15) is 0 Å². The number of nitrogens with one attached hydrogen (secondary N) is 1. The van der Waals surface area contributed by atoms with E-state index in [1.165, 1.54) is 0 Å². The van der Waals surface area contributed by atoms with Crippen molar-refractivity contribution in [3.05, 3.63) is 24.3 Å². The first kappa shape index (κ1) is 13.4. The average Bonchev–Trinajstić information content (AvgIpc) is 2.18. The minimum absolute atomic E-state index is 0. The molecular weight excluding hydrogens is 222 g/mol. The van der Waals surface area contributed by atoms with Gasteiger partial charge in [0.05, 0.1) is 10.8 Å². The van der Waals surface area contributed by atoms with E-state index >= 15 is 0 Å². The van der Waals surface area contributed by atoms with Crippen LogP contribution in [0.5, 0.6) is 0 Å². The van der Waals surface area contributed by atoms with Crippen LogP contribution >= 0.6 is 12.4 Å². The Bertz CT molecular complexity index is 291. The van der Waals surface area contributed by atoms with Crippen LogP contribution < -0.4 is 17.0 Å². The molecule has 0 fully saturated rings. The third-order valence-corrected chi connectivity index (χ3v) is 2.99. The van der Waals surface area contributed by atoms with Gasteiger partial charge in [0.15, 0.2) is 0 Å². The molecule has 5 N–H and O–H groups in total. The number of hydrogen-bond donors (Lipinski definition) is 3. The quantitative estimate of drug-likeness (QED) is 0.523. The lowest BCUT2D eigenvalue weighted by molar-refractivity contribution is 0.683. The third-order valence-electron chi connectivity index (χ3n) is 1.59. The van der Waals surface area contributed by atoms with Gasteiger partial charge in [0.1, 0.15) is 0 Å². The second kappa shape index (κ2) is 6.78. The summed E-state index contributed by atoms with van der Waals surface area (Å²) in [6, 6.07) is 7.12. The Hall–Kier alpha value is -0.620. The van der Waals surface area contributed by atoms with Gasteiger partial charge in [-0.25, -0.2) is 0 Å². The monoisotopic (exact) mass is 235 g/mol. The Morgan fingerprint density at radius 2 is 1.86 bits per heavy atom. The Labute approximate surface area is 91.9 Å². The van der Waals surface area contributed by atoms with Crippen molar-refractivity contribution in [2.75, 3.05) is 17.7 Å². The first-order chi connectivity index (χ1) is 6.27. The molecule has 80 valence electrons. The zero-order valence-electron chi connectivity index (χ0n) is 7.60. The first-order valence-corrected chi connectivity index (χ1v) is 5.25. The van der Waals surface area contributed by atoms with Gasteiger partial charge >= 0.3 is 0 Å². The highest BCUT2D eigenvalue weighted by Gasteiger charge is 2.01. The number of anilines is 1. The fraction of sp³-hybridized carbons (Fsp3) is 0.250. The summed E-state index contributed by atoms with van der Waals surface area (Å²) in [6.45, 7) is 0.434. The van der Waals surface area contributed by atoms with Crippen LogP contribution in [0.2, 0.25) is 0 Å². The summed E-state index contributed by atoms with van der Waals surface area (Å²) >= 11 is 0. The largest absolute Gasteiger partial charge is 0.330 e. The summed E-state index contributed by atoms with van der Waals surface area (Å²) in [6.07, 6.45) is 0. The molecule has 0 aliphatic heterocycles. The van der Waals surface area contributed by atoms with Gasteiger partial charge in [-0.2, -0.15) is 0 Å². The molecule has 1 rings (SSSR count). The van der Waals surface area contributed by atoms with Gasteiger partial charge in [0.25, 0.3) is 0 Å². The van der Waals surface area contributed by atoms with Gasteiger partial charge in [-0.1, -0.05) is 0 Å². The standard InChI is InChI=1S/C8H13N3OS.ClH/c9-5-6-13(12)8-3-1-7(11-10)2-4-8;/h1-4,11H,5-6,9-10H2;1H. The van der Waals surface area contributed by atoms with Gasteiger partial charge in [0.2, 0.25) is 0 Å². The zero-order valence-corrected chi connectivity index (χ0v) is 9.24. The molecule has 1 aromatic carbocycles. The van der Waals surface area contributed by atoms with E-state index in [-0.39, 0.29) is 12.4 Å². The molecule has 4 nitrogen and oxygen atoms in total. The SMILES string of the molecule is Cl.NCCS(=O)c1ccc(NN)cc1. The number of rotatable bonds is 4. The van der Waals surface area contributed by atoms with Crippen LogP contribution in [0, 0.1) is 0 Å². The molecule has 0 saturated carbocycles. The molecule has 0 heterocycles. The first-order valence-electron chi connectivity index (χ1n) is 3.93. The summed E-state index contributed by atoms with van der Waals surface area (Å²) in [4.78, 5) is 0.782. The molecule has 0 amide bonds. The predicted molar refractivity (Wildman–Crippen MR) is 61.8 cm³/mol. The van der Waals surface area contributed by atoms with E-state index in [0.29, 0.717) is 12.3 Å². The van der Waals surface area contributed by atoms with E-state index in [9.17, 15) is 4.21 Å². The maximum atomic E-state index is 11.4. The lowest BCUT2D eigenvalue weighted by atomic mass is 10.3. The van der Waals surface area contributed by atoms with Crippen LogP contribution in [0.4, 0.5) is 5.69 Å². The topological polar surface area (TPSA) is 81.1 Å². The van der Waals surface area contributed by atoms with Crippen LogP contribution in [0.15, 0.2) is 29.2 Å². The van der Waals surface area contributed by atoms with Crippen LogP contribution in [0.3, 0.4) is 0 Å². The molecule has 0 aromatic heterocycles. The van der Waals surface area contributed by atoms with Crippen molar-refractivity contribution < 1.29 is 4.21 Å². The van der Waals surface area contributed by atoms with Gasteiger partial charge < -0.3 is 11.2 Å². The molecule has 0 spiro atoms. The fourth-order valence-electron chi connectivity index (χ4n) is 0.928. The summed E-state index contributed by atoms with van der Waals surface area (Å²) in [7, 11) is -0.987. The minimum atomic E-state index is -0.987. The second-order valence-corrected chi connectivity index (χ2v) is 4.08. The molecule has 0 bridgehead atoms. The summed E-state index contributed by atoms with van der Waals surface area (Å²) < 4.78 is 11.4. The van der Waals surface area contributed by atoms with Crippen molar-refractivity contribution >= 4 is 28.9 Å². The number of hydrazine groups is 1. The summed E-state index contributed by atoms with van der Waals surface area (Å²) in [5.41, 5.74) is 8.60. The number of halogens is 1. The zero-order chi connectivity index (χ0) is 9.68. The molecule has 0 radical (unpaired) electrons. The number of nitrogen functional groups attached to an aromatic ring is 1. The van der Waals surface area contributed by atoms with Crippen LogP contribution in [-0.4, -0.2) is 16.5 Å².